The zero-order valence-electron chi connectivity index (χ0n) is 13.3. The van der Waals surface area contributed by atoms with Crippen molar-refractivity contribution in [1.82, 2.24) is 0 Å². The highest BCUT2D eigenvalue weighted by molar-refractivity contribution is 6.31. The molecule has 0 atom stereocenters. The molecular formula is C19H20Cl2O. The lowest BCUT2D eigenvalue weighted by Crippen LogP contribution is -2.42. The minimum atomic E-state index is -0.642. The number of hydrogen-bond donors (Lipinski definition) is 0. The van der Waals surface area contributed by atoms with Crippen LogP contribution in [0.1, 0.15) is 38.8 Å². The third-order valence-electron chi connectivity index (χ3n) is 4.23. The Morgan fingerprint density at radius 1 is 0.773 bits per heavy atom. The van der Waals surface area contributed by atoms with Gasteiger partial charge in [0.1, 0.15) is 0 Å². The number of Topliss-reactive ketones (excluding diaryl/α,β-unsaturated/α-hetero) is 1. The number of carbonyl (C=O) groups is 1. The predicted octanol–water partition coefficient (Wildman–Crippen LogP) is 5.82. The van der Waals surface area contributed by atoms with Crippen LogP contribution in [0, 0.1) is 0 Å². The van der Waals surface area contributed by atoms with Crippen molar-refractivity contribution in [2.75, 3.05) is 0 Å². The van der Waals surface area contributed by atoms with E-state index in [1.165, 1.54) is 0 Å². The lowest BCUT2D eigenvalue weighted by atomic mass is 9.67. The van der Waals surface area contributed by atoms with E-state index in [0.717, 1.165) is 11.1 Å². The molecule has 2 aromatic carbocycles. The Bertz CT molecular complexity index is 643. The van der Waals surface area contributed by atoms with Crippen LogP contribution in [-0.4, -0.2) is 5.78 Å². The maximum Gasteiger partial charge on any atom is 0.152 e. The van der Waals surface area contributed by atoms with Crippen LogP contribution >= 0.6 is 23.2 Å². The van der Waals surface area contributed by atoms with E-state index >= 15 is 0 Å². The summed E-state index contributed by atoms with van der Waals surface area (Å²) in [4.78, 5) is 13.2. The van der Waals surface area contributed by atoms with Gasteiger partial charge in [0.15, 0.2) is 5.78 Å². The average molecular weight is 335 g/mol. The van der Waals surface area contributed by atoms with Gasteiger partial charge in [-0.15, -0.1) is 0 Å². The molecule has 1 nitrogen and oxygen atoms in total. The molecule has 2 aromatic rings. The SMILES string of the molecule is CC(C)(C(=O)C(C)(C)c1cccc(Cl)c1)c1cccc(Cl)c1. The Balaban J connectivity index is 2.44. The molecule has 0 N–H and O–H groups in total. The van der Waals surface area contributed by atoms with E-state index in [-0.39, 0.29) is 5.78 Å². The van der Waals surface area contributed by atoms with Gasteiger partial charge in [-0.2, -0.15) is 0 Å². The van der Waals surface area contributed by atoms with Crippen molar-refractivity contribution < 1.29 is 4.79 Å². The van der Waals surface area contributed by atoms with Crippen molar-refractivity contribution in [1.29, 1.82) is 0 Å². The fraction of sp³-hybridized carbons (Fsp3) is 0.316. The second-order valence-corrected chi connectivity index (χ2v) is 7.47. The normalized spacial score (nSPS) is 12.3. The monoisotopic (exact) mass is 334 g/mol. The summed E-state index contributed by atoms with van der Waals surface area (Å²) >= 11 is 12.2. The molecule has 0 radical (unpaired) electrons. The first-order valence-electron chi connectivity index (χ1n) is 7.22. The zero-order valence-corrected chi connectivity index (χ0v) is 14.8. The highest BCUT2D eigenvalue weighted by atomic mass is 35.5. The molecule has 0 aliphatic rings. The quantitative estimate of drug-likeness (QED) is 0.688. The van der Waals surface area contributed by atoms with Crippen molar-refractivity contribution in [2.45, 2.75) is 38.5 Å². The molecule has 0 aliphatic heterocycles. The molecular weight excluding hydrogens is 315 g/mol. The Morgan fingerprint density at radius 2 is 1.14 bits per heavy atom. The molecule has 3 heteroatoms. The van der Waals surface area contributed by atoms with Gasteiger partial charge in [-0.1, -0.05) is 47.5 Å². The second kappa shape index (κ2) is 6.06. The summed E-state index contributed by atoms with van der Waals surface area (Å²) in [6, 6.07) is 15.0. The molecule has 0 unspecified atom stereocenters. The van der Waals surface area contributed by atoms with Gasteiger partial charge in [0.05, 0.1) is 0 Å². The largest absolute Gasteiger partial charge is 0.298 e. The van der Waals surface area contributed by atoms with Crippen LogP contribution in [0.25, 0.3) is 0 Å². The number of carbonyl (C=O) groups excluding carboxylic acids is 1. The summed E-state index contributed by atoms with van der Waals surface area (Å²) in [5.41, 5.74) is 0.549. The number of ketones is 1. The van der Waals surface area contributed by atoms with E-state index in [9.17, 15) is 4.79 Å². The van der Waals surface area contributed by atoms with Crippen molar-refractivity contribution in [3.8, 4) is 0 Å². The van der Waals surface area contributed by atoms with Gasteiger partial charge < -0.3 is 0 Å². The minimum absolute atomic E-state index is 0.129. The summed E-state index contributed by atoms with van der Waals surface area (Å²) in [7, 11) is 0. The van der Waals surface area contributed by atoms with Gasteiger partial charge in [0, 0.05) is 20.9 Å². The van der Waals surface area contributed by atoms with Gasteiger partial charge in [-0.3, -0.25) is 4.79 Å². The van der Waals surface area contributed by atoms with E-state index in [1.54, 1.807) is 0 Å². The van der Waals surface area contributed by atoms with Crippen LogP contribution in [0.5, 0.6) is 0 Å². The van der Waals surface area contributed by atoms with E-state index in [4.69, 9.17) is 23.2 Å². The Morgan fingerprint density at radius 3 is 1.45 bits per heavy atom. The number of rotatable bonds is 4. The predicted molar refractivity (Wildman–Crippen MR) is 94.0 cm³/mol. The maximum atomic E-state index is 13.2. The second-order valence-electron chi connectivity index (χ2n) is 6.60. The van der Waals surface area contributed by atoms with Gasteiger partial charge >= 0.3 is 0 Å². The maximum absolute atomic E-state index is 13.2. The van der Waals surface area contributed by atoms with Gasteiger partial charge in [-0.05, 0) is 63.1 Å². The molecule has 0 aromatic heterocycles. The molecule has 116 valence electrons. The molecule has 0 aliphatic carbocycles. The Hall–Kier alpha value is -1.31. The van der Waals surface area contributed by atoms with E-state index in [2.05, 4.69) is 0 Å². The summed E-state index contributed by atoms with van der Waals surface area (Å²) in [5.74, 6) is 0.129. The number of halogens is 2. The first-order valence-corrected chi connectivity index (χ1v) is 7.98. The third kappa shape index (κ3) is 3.21. The Labute approximate surface area is 142 Å². The van der Waals surface area contributed by atoms with Gasteiger partial charge in [0.2, 0.25) is 0 Å². The van der Waals surface area contributed by atoms with Crippen LogP contribution in [-0.2, 0) is 15.6 Å². The minimum Gasteiger partial charge on any atom is -0.298 e. The smallest absolute Gasteiger partial charge is 0.152 e. The number of benzene rings is 2. The average Bonchev–Trinajstić information content (AvgIpc) is 2.46. The number of hydrogen-bond acceptors (Lipinski definition) is 1. The van der Waals surface area contributed by atoms with Crippen LogP contribution in [0.3, 0.4) is 0 Å². The van der Waals surface area contributed by atoms with Crippen molar-refractivity contribution in [3.05, 3.63) is 69.7 Å². The molecule has 0 bridgehead atoms. The lowest BCUT2D eigenvalue weighted by molar-refractivity contribution is -0.128. The molecule has 0 heterocycles. The molecule has 0 amide bonds. The lowest BCUT2D eigenvalue weighted by Gasteiger charge is -2.34. The molecule has 22 heavy (non-hydrogen) atoms. The van der Waals surface area contributed by atoms with Gasteiger partial charge in [-0.25, -0.2) is 0 Å². The molecule has 0 saturated heterocycles. The fourth-order valence-electron chi connectivity index (χ4n) is 2.80. The summed E-state index contributed by atoms with van der Waals surface area (Å²) < 4.78 is 0. The Kier molecular flexibility index (Phi) is 4.70. The summed E-state index contributed by atoms with van der Waals surface area (Å²) in [6.07, 6.45) is 0. The molecule has 0 spiro atoms. The molecule has 2 rings (SSSR count). The summed E-state index contributed by atoms with van der Waals surface area (Å²) in [6.45, 7) is 7.75. The third-order valence-corrected chi connectivity index (χ3v) is 4.70. The van der Waals surface area contributed by atoms with Gasteiger partial charge in [0.25, 0.3) is 0 Å². The van der Waals surface area contributed by atoms with E-state index in [0.29, 0.717) is 10.0 Å². The first-order chi connectivity index (χ1) is 10.2. The van der Waals surface area contributed by atoms with Crippen LogP contribution in [0.4, 0.5) is 0 Å². The van der Waals surface area contributed by atoms with Crippen LogP contribution in [0.15, 0.2) is 48.5 Å². The first kappa shape index (κ1) is 17.1. The molecule has 0 fully saturated rings. The zero-order chi connectivity index (χ0) is 16.5. The fourth-order valence-corrected chi connectivity index (χ4v) is 3.18. The van der Waals surface area contributed by atoms with Crippen molar-refractivity contribution in [3.63, 3.8) is 0 Å². The standard InChI is InChI=1S/C19H20Cl2O/c1-18(2,13-7-5-9-15(20)11-13)17(22)19(3,4)14-8-6-10-16(21)12-14/h5-12H,1-4H3. The molecule has 0 saturated carbocycles. The van der Waals surface area contributed by atoms with Crippen molar-refractivity contribution >= 4 is 29.0 Å². The van der Waals surface area contributed by atoms with E-state index < -0.39 is 10.8 Å². The van der Waals surface area contributed by atoms with Crippen LogP contribution in [0.2, 0.25) is 10.0 Å². The highest BCUT2D eigenvalue weighted by Gasteiger charge is 2.41. The summed E-state index contributed by atoms with van der Waals surface area (Å²) in [5, 5.41) is 1.28. The van der Waals surface area contributed by atoms with Crippen LogP contribution < -0.4 is 0 Å². The van der Waals surface area contributed by atoms with Crippen molar-refractivity contribution in [2.24, 2.45) is 0 Å². The highest BCUT2D eigenvalue weighted by Crippen LogP contribution is 2.36. The van der Waals surface area contributed by atoms with E-state index in [1.807, 2.05) is 76.2 Å². The topological polar surface area (TPSA) is 17.1 Å².